The minimum Gasteiger partial charge on any atom is -0.478 e. The minimum atomic E-state index is 0.0265. The van der Waals surface area contributed by atoms with E-state index < -0.39 is 0 Å². The molecular weight excluding hydrogens is 302 g/mol. The predicted octanol–water partition coefficient (Wildman–Crippen LogP) is 5.04. The van der Waals surface area contributed by atoms with Gasteiger partial charge in [-0.05, 0) is 30.8 Å². The molecule has 1 aromatic carbocycles. The van der Waals surface area contributed by atoms with Gasteiger partial charge in [-0.1, -0.05) is 30.7 Å². The number of hydrogen-bond donors (Lipinski definition) is 1. The van der Waals surface area contributed by atoms with E-state index in [1.54, 1.807) is 18.0 Å². The van der Waals surface area contributed by atoms with Crippen LogP contribution in [0.15, 0.2) is 34.9 Å². The summed E-state index contributed by atoms with van der Waals surface area (Å²) in [5.74, 6) is 2.23. The molecule has 1 heterocycles. The molecule has 3 nitrogen and oxygen atoms in total. The van der Waals surface area contributed by atoms with Crippen LogP contribution in [-0.4, -0.2) is 10.4 Å². The number of aromatic nitrogens is 1. The summed E-state index contributed by atoms with van der Waals surface area (Å²) in [5, 5.41) is 0.626. The van der Waals surface area contributed by atoms with Crippen LogP contribution in [0, 0.1) is 4.84 Å². The molecule has 0 aliphatic rings. The second-order valence-electron chi connectivity index (χ2n) is 3.84. The van der Waals surface area contributed by atoms with E-state index in [2.05, 4.69) is 11.9 Å². The molecule has 0 aliphatic heterocycles. The van der Waals surface area contributed by atoms with Crippen molar-refractivity contribution in [1.29, 1.82) is 0 Å². The number of para-hydroxylation sites is 1. The monoisotopic (exact) mass is 315 g/mol. The van der Waals surface area contributed by atoms with E-state index in [9.17, 15) is 0 Å². The Bertz CT molecular complexity index is 582. The Kier molecular flexibility index (Phi) is 5.36. The van der Waals surface area contributed by atoms with Gasteiger partial charge >= 0.3 is 0 Å². The summed E-state index contributed by atoms with van der Waals surface area (Å²) in [6.07, 6.45) is 2.65. The van der Waals surface area contributed by atoms with Gasteiger partial charge in [-0.2, -0.15) is 0 Å². The zero-order valence-electron chi connectivity index (χ0n) is 10.4. The Morgan fingerprint density at radius 1 is 1.47 bits per heavy atom. The van der Waals surface area contributed by atoms with Crippen LogP contribution in [0.4, 0.5) is 0 Å². The average Bonchev–Trinajstić information content (AvgIpc) is 2.82. The first-order valence-electron chi connectivity index (χ1n) is 5.89. The number of aromatic amines is 1. The van der Waals surface area contributed by atoms with Crippen LogP contribution in [0.5, 0.6) is 5.75 Å². The number of H-pyrrole nitrogens is 1. The standard InChI is InChI=1S/C13H14ClNO2S2/c1-2-12(17-11-6-4-3-5-10(11)14)19-8-9-7-15-13(18)16-9/h3-7,12H,2,8H2,1H3,(H,15,18). The molecule has 2 aromatic rings. The lowest BCUT2D eigenvalue weighted by Crippen LogP contribution is -2.11. The molecule has 0 radical (unpaired) electrons. The van der Waals surface area contributed by atoms with Crippen molar-refractivity contribution in [3.8, 4) is 5.75 Å². The predicted molar refractivity (Wildman–Crippen MR) is 81.3 cm³/mol. The van der Waals surface area contributed by atoms with E-state index in [1.807, 2.05) is 24.3 Å². The fraction of sp³-hybridized carbons (Fsp3) is 0.308. The third kappa shape index (κ3) is 4.30. The maximum atomic E-state index is 6.07. The van der Waals surface area contributed by atoms with Gasteiger partial charge < -0.3 is 14.1 Å². The summed E-state index contributed by atoms with van der Waals surface area (Å²) in [4.78, 5) is 3.24. The van der Waals surface area contributed by atoms with Crippen LogP contribution in [0.2, 0.25) is 5.02 Å². The Morgan fingerprint density at radius 3 is 2.89 bits per heavy atom. The smallest absolute Gasteiger partial charge is 0.266 e. The zero-order valence-corrected chi connectivity index (χ0v) is 12.8. The third-order valence-corrected chi connectivity index (χ3v) is 4.18. The number of thioether (sulfide) groups is 1. The maximum Gasteiger partial charge on any atom is 0.266 e. The topological polar surface area (TPSA) is 38.2 Å². The Balaban J connectivity index is 1.93. The van der Waals surface area contributed by atoms with Crippen molar-refractivity contribution in [3.63, 3.8) is 0 Å². The molecule has 0 bridgehead atoms. The molecular formula is C13H14ClNO2S2. The molecule has 0 spiro atoms. The summed E-state index contributed by atoms with van der Waals surface area (Å²) < 4.78 is 11.2. The first-order chi connectivity index (χ1) is 9.19. The first kappa shape index (κ1) is 14.5. The van der Waals surface area contributed by atoms with Crippen molar-refractivity contribution < 1.29 is 9.15 Å². The molecule has 1 atom stereocenters. The van der Waals surface area contributed by atoms with Crippen molar-refractivity contribution in [2.24, 2.45) is 0 Å². The van der Waals surface area contributed by atoms with Gasteiger partial charge in [-0.3, -0.25) is 0 Å². The number of nitrogens with one attached hydrogen (secondary N) is 1. The Morgan fingerprint density at radius 2 is 2.26 bits per heavy atom. The van der Waals surface area contributed by atoms with Gasteiger partial charge in [0.25, 0.3) is 4.84 Å². The number of oxazole rings is 1. The number of hydrogen-bond acceptors (Lipinski definition) is 4. The summed E-state index contributed by atoms with van der Waals surface area (Å²) in [7, 11) is 0. The first-order valence-corrected chi connectivity index (χ1v) is 7.72. The maximum absolute atomic E-state index is 6.07. The molecule has 1 N–H and O–H groups in total. The molecule has 0 aliphatic carbocycles. The molecule has 0 saturated heterocycles. The normalized spacial score (nSPS) is 12.3. The lowest BCUT2D eigenvalue weighted by atomic mass is 10.3. The van der Waals surface area contributed by atoms with Crippen LogP contribution in [0.3, 0.4) is 0 Å². The molecule has 6 heteroatoms. The number of halogens is 1. The van der Waals surface area contributed by atoms with Crippen LogP contribution in [-0.2, 0) is 5.75 Å². The SMILES string of the molecule is CCC(Oc1ccccc1Cl)SCc1c[nH]c(=S)o1. The van der Waals surface area contributed by atoms with Crippen molar-refractivity contribution in [2.75, 3.05) is 0 Å². The molecule has 2 rings (SSSR count). The van der Waals surface area contributed by atoms with Gasteiger partial charge in [0.2, 0.25) is 0 Å². The summed E-state index contributed by atoms with van der Waals surface area (Å²) in [6.45, 7) is 2.07. The summed E-state index contributed by atoms with van der Waals surface area (Å²) >= 11 is 12.6. The van der Waals surface area contributed by atoms with Crippen LogP contribution < -0.4 is 4.74 Å². The molecule has 0 amide bonds. The molecule has 102 valence electrons. The summed E-state index contributed by atoms with van der Waals surface area (Å²) in [5.41, 5.74) is 0.0265. The van der Waals surface area contributed by atoms with Crippen LogP contribution in [0.1, 0.15) is 19.1 Å². The number of rotatable bonds is 6. The van der Waals surface area contributed by atoms with Gasteiger partial charge in [0.15, 0.2) is 0 Å². The van der Waals surface area contributed by atoms with E-state index in [0.29, 0.717) is 21.4 Å². The van der Waals surface area contributed by atoms with Crippen molar-refractivity contribution >= 4 is 35.6 Å². The lowest BCUT2D eigenvalue weighted by Gasteiger charge is -2.17. The molecule has 0 saturated carbocycles. The van der Waals surface area contributed by atoms with E-state index in [0.717, 1.165) is 12.2 Å². The van der Waals surface area contributed by atoms with Crippen molar-refractivity contribution in [2.45, 2.75) is 24.5 Å². The fourth-order valence-electron chi connectivity index (χ4n) is 1.48. The van der Waals surface area contributed by atoms with Gasteiger partial charge in [-0.15, -0.1) is 11.8 Å². The van der Waals surface area contributed by atoms with Crippen molar-refractivity contribution in [1.82, 2.24) is 4.98 Å². The quantitative estimate of drug-likeness (QED) is 0.598. The lowest BCUT2D eigenvalue weighted by molar-refractivity contribution is 0.283. The van der Waals surface area contributed by atoms with Gasteiger partial charge in [0, 0.05) is 6.20 Å². The van der Waals surface area contributed by atoms with Crippen molar-refractivity contribution in [3.05, 3.63) is 46.1 Å². The highest BCUT2D eigenvalue weighted by atomic mass is 35.5. The van der Waals surface area contributed by atoms with Gasteiger partial charge in [0.05, 0.1) is 10.8 Å². The largest absolute Gasteiger partial charge is 0.478 e. The highest BCUT2D eigenvalue weighted by molar-refractivity contribution is 7.99. The zero-order chi connectivity index (χ0) is 13.7. The van der Waals surface area contributed by atoms with E-state index in [4.69, 9.17) is 33.0 Å². The fourth-order valence-corrected chi connectivity index (χ4v) is 2.73. The van der Waals surface area contributed by atoms with E-state index >= 15 is 0 Å². The highest BCUT2D eigenvalue weighted by Gasteiger charge is 2.12. The number of ether oxygens (including phenoxy) is 1. The summed E-state index contributed by atoms with van der Waals surface area (Å²) in [6, 6.07) is 7.48. The second-order valence-corrected chi connectivity index (χ2v) is 5.77. The van der Waals surface area contributed by atoms with Crippen LogP contribution >= 0.6 is 35.6 Å². The van der Waals surface area contributed by atoms with E-state index in [-0.39, 0.29) is 5.44 Å². The minimum absolute atomic E-state index is 0.0265. The second kappa shape index (κ2) is 7.03. The highest BCUT2D eigenvalue weighted by Crippen LogP contribution is 2.29. The molecule has 1 unspecified atom stereocenters. The Labute approximate surface area is 126 Å². The van der Waals surface area contributed by atoms with E-state index in [1.165, 1.54) is 0 Å². The van der Waals surface area contributed by atoms with Gasteiger partial charge in [0.1, 0.15) is 16.9 Å². The molecule has 19 heavy (non-hydrogen) atoms. The Hall–Kier alpha value is -0.910. The van der Waals surface area contributed by atoms with Gasteiger partial charge in [-0.25, -0.2) is 0 Å². The number of benzene rings is 1. The molecule has 0 fully saturated rings. The molecule has 1 aromatic heterocycles. The average molecular weight is 316 g/mol. The third-order valence-electron chi connectivity index (χ3n) is 2.41. The van der Waals surface area contributed by atoms with Crippen LogP contribution in [0.25, 0.3) is 0 Å².